The van der Waals surface area contributed by atoms with Gasteiger partial charge in [-0.25, -0.2) is 4.39 Å². The van der Waals surface area contributed by atoms with Crippen molar-refractivity contribution in [3.8, 4) is 5.75 Å². The molecule has 2 aromatic carbocycles. The summed E-state index contributed by atoms with van der Waals surface area (Å²) >= 11 is 0. The molecule has 22 heavy (non-hydrogen) atoms. The highest BCUT2D eigenvalue weighted by Gasteiger charge is 2.05. The third-order valence-electron chi connectivity index (χ3n) is 2.95. The van der Waals surface area contributed by atoms with Crippen molar-refractivity contribution in [2.75, 3.05) is 25.6 Å². The van der Waals surface area contributed by atoms with E-state index in [-0.39, 0.29) is 18.1 Å². The molecule has 0 aliphatic heterocycles. The topological polar surface area (TPSA) is 47.6 Å². The maximum Gasteiger partial charge on any atom is 0.228 e. The molecule has 1 N–H and O–H groups in total. The van der Waals surface area contributed by atoms with Crippen molar-refractivity contribution in [2.45, 2.75) is 6.42 Å². The van der Waals surface area contributed by atoms with Crippen LogP contribution in [-0.2, 0) is 16.0 Å². The van der Waals surface area contributed by atoms with Crippen LogP contribution in [0.4, 0.5) is 10.1 Å². The average Bonchev–Trinajstić information content (AvgIpc) is 2.49. The highest BCUT2D eigenvalue weighted by molar-refractivity contribution is 5.92. The van der Waals surface area contributed by atoms with Crippen LogP contribution < -0.4 is 10.1 Å². The van der Waals surface area contributed by atoms with Crippen molar-refractivity contribution in [1.29, 1.82) is 0 Å². The van der Waals surface area contributed by atoms with E-state index in [1.165, 1.54) is 12.1 Å². The fourth-order valence-electron chi connectivity index (χ4n) is 1.91. The third kappa shape index (κ3) is 5.18. The van der Waals surface area contributed by atoms with Crippen molar-refractivity contribution in [2.24, 2.45) is 0 Å². The Balaban J connectivity index is 1.86. The first-order valence-corrected chi connectivity index (χ1v) is 6.93. The lowest BCUT2D eigenvalue weighted by atomic mass is 10.1. The predicted molar refractivity (Wildman–Crippen MR) is 82.5 cm³/mol. The zero-order chi connectivity index (χ0) is 15.8. The van der Waals surface area contributed by atoms with E-state index in [1.54, 1.807) is 43.5 Å². The minimum atomic E-state index is -0.345. The molecule has 0 heterocycles. The van der Waals surface area contributed by atoms with E-state index < -0.39 is 0 Å². The zero-order valence-electron chi connectivity index (χ0n) is 12.3. The van der Waals surface area contributed by atoms with Gasteiger partial charge in [0.25, 0.3) is 0 Å². The molecule has 0 aliphatic carbocycles. The molecule has 0 aliphatic rings. The van der Waals surface area contributed by atoms with Crippen LogP contribution in [-0.4, -0.2) is 26.2 Å². The first-order valence-electron chi connectivity index (χ1n) is 6.93. The summed E-state index contributed by atoms with van der Waals surface area (Å²) in [7, 11) is 1.61. The summed E-state index contributed by atoms with van der Waals surface area (Å²) in [5.41, 5.74) is 1.30. The molecule has 0 bridgehead atoms. The van der Waals surface area contributed by atoms with Gasteiger partial charge in [0.2, 0.25) is 5.91 Å². The van der Waals surface area contributed by atoms with Gasteiger partial charge in [-0.05, 0) is 42.0 Å². The second-order valence-electron chi connectivity index (χ2n) is 4.72. The number of hydrogen-bond acceptors (Lipinski definition) is 3. The molecule has 0 spiro atoms. The Morgan fingerprint density at radius 1 is 1.14 bits per heavy atom. The Hall–Kier alpha value is -2.40. The Morgan fingerprint density at radius 3 is 2.59 bits per heavy atom. The van der Waals surface area contributed by atoms with Crippen LogP contribution in [0.2, 0.25) is 0 Å². The smallest absolute Gasteiger partial charge is 0.228 e. The Bertz CT molecular complexity index is 614. The summed E-state index contributed by atoms with van der Waals surface area (Å²) in [6.45, 7) is 0.994. The molecule has 2 rings (SSSR count). The molecule has 116 valence electrons. The molecular weight excluding hydrogens is 285 g/mol. The summed E-state index contributed by atoms with van der Waals surface area (Å²) in [5, 5.41) is 2.76. The summed E-state index contributed by atoms with van der Waals surface area (Å²) in [5.74, 6) is 0.168. The van der Waals surface area contributed by atoms with Crippen molar-refractivity contribution in [3.05, 3.63) is 59.9 Å². The van der Waals surface area contributed by atoms with E-state index in [9.17, 15) is 9.18 Å². The number of nitrogens with one attached hydrogen (secondary N) is 1. The van der Waals surface area contributed by atoms with E-state index >= 15 is 0 Å². The fraction of sp³-hybridized carbons (Fsp3) is 0.235. The second-order valence-corrected chi connectivity index (χ2v) is 4.72. The standard InChI is InChI=1S/C17H18FNO3/c1-21-9-10-22-16-7-5-15(6-8-16)19-17(20)12-13-3-2-4-14(18)11-13/h2-8,11H,9-10,12H2,1H3,(H,19,20). The molecule has 0 saturated carbocycles. The van der Waals surface area contributed by atoms with Gasteiger partial charge >= 0.3 is 0 Å². The molecule has 0 radical (unpaired) electrons. The number of rotatable bonds is 7. The molecule has 0 saturated heterocycles. The van der Waals surface area contributed by atoms with Gasteiger partial charge in [0, 0.05) is 12.8 Å². The van der Waals surface area contributed by atoms with Crippen LogP contribution in [0.1, 0.15) is 5.56 Å². The summed E-state index contributed by atoms with van der Waals surface area (Å²) in [6, 6.07) is 13.1. The van der Waals surface area contributed by atoms with Gasteiger partial charge in [0.15, 0.2) is 0 Å². The van der Waals surface area contributed by atoms with Crippen molar-refractivity contribution in [3.63, 3.8) is 0 Å². The minimum absolute atomic E-state index is 0.129. The average molecular weight is 303 g/mol. The first-order chi connectivity index (χ1) is 10.7. The molecular formula is C17H18FNO3. The molecule has 4 nitrogen and oxygen atoms in total. The van der Waals surface area contributed by atoms with E-state index in [4.69, 9.17) is 9.47 Å². The maximum absolute atomic E-state index is 13.1. The van der Waals surface area contributed by atoms with Crippen LogP contribution in [0.25, 0.3) is 0 Å². The molecule has 0 fully saturated rings. The summed E-state index contributed by atoms with van der Waals surface area (Å²) in [4.78, 5) is 11.9. The molecule has 0 atom stereocenters. The lowest BCUT2D eigenvalue weighted by Crippen LogP contribution is -2.14. The molecule has 0 aromatic heterocycles. The van der Waals surface area contributed by atoms with Gasteiger partial charge < -0.3 is 14.8 Å². The highest BCUT2D eigenvalue weighted by atomic mass is 19.1. The SMILES string of the molecule is COCCOc1ccc(NC(=O)Cc2cccc(F)c2)cc1. The van der Waals surface area contributed by atoms with Gasteiger partial charge in [0.05, 0.1) is 13.0 Å². The van der Waals surface area contributed by atoms with Gasteiger partial charge in [-0.3, -0.25) is 4.79 Å². The number of carbonyl (C=O) groups is 1. The number of ether oxygens (including phenoxy) is 2. The van der Waals surface area contributed by atoms with Crippen molar-refractivity contribution in [1.82, 2.24) is 0 Å². The molecule has 2 aromatic rings. The highest BCUT2D eigenvalue weighted by Crippen LogP contribution is 2.16. The molecule has 1 amide bonds. The van der Waals surface area contributed by atoms with Crippen LogP contribution >= 0.6 is 0 Å². The summed E-state index contributed by atoms with van der Waals surface area (Å²) in [6.07, 6.45) is 0.129. The summed E-state index contributed by atoms with van der Waals surface area (Å²) < 4.78 is 23.4. The van der Waals surface area contributed by atoms with Crippen molar-refractivity contribution < 1.29 is 18.7 Å². The third-order valence-corrected chi connectivity index (χ3v) is 2.95. The number of carbonyl (C=O) groups excluding carboxylic acids is 1. The first kappa shape index (κ1) is 16.0. The van der Waals surface area contributed by atoms with Crippen LogP contribution in [0.5, 0.6) is 5.75 Å². The predicted octanol–water partition coefficient (Wildman–Crippen LogP) is 3.03. The minimum Gasteiger partial charge on any atom is -0.491 e. The number of benzene rings is 2. The van der Waals surface area contributed by atoms with Gasteiger partial charge in [-0.15, -0.1) is 0 Å². The number of amides is 1. The van der Waals surface area contributed by atoms with Gasteiger partial charge in [-0.2, -0.15) is 0 Å². The Morgan fingerprint density at radius 2 is 1.91 bits per heavy atom. The van der Waals surface area contributed by atoms with E-state index in [0.29, 0.717) is 30.2 Å². The zero-order valence-corrected chi connectivity index (χ0v) is 12.3. The van der Waals surface area contributed by atoms with Gasteiger partial charge in [-0.1, -0.05) is 12.1 Å². The lowest BCUT2D eigenvalue weighted by Gasteiger charge is -2.08. The van der Waals surface area contributed by atoms with Gasteiger partial charge in [0.1, 0.15) is 18.2 Å². The maximum atomic E-state index is 13.1. The Labute approximate surface area is 128 Å². The fourth-order valence-corrected chi connectivity index (χ4v) is 1.91. The molecule has 0 unspecified atom stereocenters. The largest absolute Gasteiger partial charge is 0.491 e. The van der Waals surface area contributed by atoms with Crippen LogP contribution in [0, 0.1) is 5.82 Å². The quantitative estimate of drug-likeness (QED) is 0.800. The normalized spacial score (nSPS) is 10.3. The monoisotopic (exact) mass is 303 g/mol. The lowest BCUT2D eigenvalue weighted by molar-refractivity contribution is -0.115. The number of halogens is 1. The van der Waals surface area contributed by atoms with Crippen molar-refractivity contribution >= 4 is 11.6 Å². The van der Waals surface area contributed by atoms with E-state index in [2.05, 4.69) is 5.32 Å². The number of anilines is 1. The van der Waals surface area contributed by atoms with E-state index in [0.717, 1.165) is 0 Å². The van der Waals surface area contributed by atoms with Crippen LogP contribution in [0.3, 0.4) is 0 Å². The second kappa shape index (κ2) is 8.14. The number of methoxy groups -OCH3 is 1. The van der Waals surface area contributed by atoms with Crippen LogP contribution in [0.15, 0.2) is 48.5 Å². The van der Waals surface area contributed by atoms with E-state index in [1.807, 2.05) is 0 Å². The number of hydrogen-bond donors (Lipinski definition) is 1. The Kier molecular flexibility index (Phi) is 5.91. The molecule has 5 heteroatoms.